The molecule has 1 amide bonds. The minimum atomic E-state index is 0.0309. The summed E-state index contributed by atoms with van der Waals surface area (Å²) >= 11 is 6.10. The summed E-state index contributed by atoms with van der Waals surface area (Å²) < 4.78 is 2.03. The molecular formula is C25H28ClN5O. The first-order valence-electron chi connectivity index (χ1n) is 10.9. The lowest BCUT2D eigenvalue weighted by Crippen LogP contribution is -2.37. The highest BCUT2D eigenvalue weighted by molar-refractivity contribution is 6.30. The molecule has 0 bridgehead atoms. The molecule has 2 aromatic heterocycles. The second kappa shape index (κ2) is 9.67. The SMILES string of the molecule is CC(C)N(C)C/C=C/C(=O)N1CCn2nc(-c3ccc(Cl)cc3)c(-c3ccncc3)c2C1. The van der Waals surface area contributed by atoms with E-state index < -0.39 is 0 Å². The average Bonchev–Trinajstić information content (AvgIpc) is 3.18. The summed E-state index contributed by atoms with van der Waals surface area (Å²) in [5.41, 5.74) is 5.00. The molecule has 3 heterocycles. The van der Waals surface area contributed by atoms with E-state index in [-0.39, 0.29) is 5.91 Å². The number of amides is 1. The second-order valence-corrected chi connectivity index (χ2v) is 8.77. The van der Waals surface area contributed by atoms with Gasteiger partial charge in [0.05, 0.1) is 18.8 Å². The first-order chi connectivity index (χ1) is 15.4. The minimum absolute atomic E-state index is 0.0309. The molecule has 7 heteroatoms. The van der Waals surface area contributed by atoms with Crippen molar-refractivity contribution in [2.75, 3.05) is 20.1 Å². The molecular weight excluding hydrogens is 422 g/mol. The van der Waals surface area contributed by atoms with Crippen molar-refractivity contribution >= 4 is 17.5 Å². The van der Waals surface area contributed by atoms with Crippen molar-refractivity contribution in [1.82, 2.24) is 24.6 Å². The average molecular weight is 450 g/mol. The molecule has 166 valence electrons. The van der Waals surface area contributed by atoms with Crippen LogP contribution in [-0.2, 0) is 17.9 Å². The lowest BCUT2D eigenvalue weighted by Gasteiger charge is -2.27. The van der Waals surface area contributed by atoms with Gasteiger partial charge in [0.2, 0.25) is 5.91 Å². The Hall–Kier alpha value is -2.96. The summed E-state index contributed by atoms with van der Waals surface area (Å²) in [6.07, 6.45) is 7.20. The molecule has 6 nitrogen and oxygen atoms in total. The van der Waals surface area contributed by atoms with E-state index in [0.717, 1.165) is 34.6 Å². The molecule has 4 rings (SSSR count). The van der Waals surface area contributed by atoms with E-state index in [1.54, 1.807) is 18.5 Å². The fourth-order valence-corrected chi connectivity index (χ4v) is 3.90. The van der Waals surface area contributed by atoms with Gasteiger partial charge in [-0.15, -0.1) is 0 Å². The number of likely N-dealkylation sites (N-methyl/N-ethyl adjacent to an activating group) is 1. The number of pyridine rings is 1. The number of carbonyl (C=O) groups excluding carboxylic acids is 1. The van der Waals surface area contributed by atoms with E-state index in [2.05, 4.69) is 30.8 Å². The number of carbonyl (C=O) groups is 1. The Balaban J connectivity index is 1.65. The van der Waals surface area contributed by atoms with Crippen molar-refractivity contribution in [3.8, 4) is 22.4 Å². The minimum Gasteiger partial charge on any atom is -0.331 e. The second-order valence-electron chi connectivity index (χ2n) is 8.33. The summed E-state index contributed by atoms with van der Waals surface area (Å²) in [5, 5.41) is 5.61. The van der Waals surface area contributed by atoms with Crippen LogP contribution in [0, 0.1) is 0 Å². The number of rotatable bonds is 6. The van der Waals surface area contributed by atoms with E-state index in [1.807, 2.05) is 52.1 Å². The third-order valence-electron chi connectivity index (χ3n) is 5.91. The Labute approximate surface area is 194 Å². The van der Waals surface area contributed by atoms with Crippen LogP contribution < -0.4 is 0 Å². The number of benzene rings is 1. The molecule has 0 saturated heterocycles. The molecule has 0 saturated carbocycles. The van der Waals surface area contributed by atoms with Gasteiger partial charge in [0, 0.05) is 53.8 Å². The topological polar surface area (TPSA) is 54.3 Å². The van der Waals surface area contributed by atoms with Gasteiger partial charge in [-0.25, -0.2) is 0 Å². The van der Waals surface area contributed by atoms with Crippen molar-refractivity contribution in [2.45, 2.75) is 33.0 Å². The van der Waals surface area contributed by atoms with E-state index in [9.17, 15) is 4.79 Å². The van der Waals surface area contributed by atoms with Crippen molar-refractivity contribution < 1.29 is 4.79 Å². The van der Waals surface area contributed by atoms with Crippen LogP contribution in [-0.4, -0.2) is 56.7 Å². The van der Waals surface area contributed by atoms with E-state index in [4.69, 9.17) is 16.7 Å². The van der Waals surface area contributed by atoms with Gasteiger partial charge >= 0.3 is 0 Å². The van der Waals surface area contributed by atoms with Crippen molar-refractivity contribution in [3.05, 3.63) is 71.7 Å². The van der Waals surface area contributed by atoms with Gasteiger partial charge in [-0.1, -0.05) is 29.8 Å². The first-order valence-corrected chi connectivity index (χ1v) is 11.2. The maximum Gasteiger partial charge on any atom is 0.246 e. The van der Waals surface area contributed by atoms with Crippen LogP contribution in [0.5, 0.6) is 0 Å². The largest absolute Gasteiger partial charge is 0.331 e. The Morgan fingerprint density at radius 1 is 1.12 bits per heavy atom. The molecule has 1 aliphatic heterocycles. The maximum atomic E-state index is 12.9. The molecule has 0 spiro atoms. The quantitative estimate of drug-likeness (QED) is 0.520. The number of hydrogen-bond acceptors (Lipinski definition) is 4. The predicted molar refractivity (Wildman–Crippen MR) is 128 cm³/mol. The predicted octanol–water partition coefficient (Wildman–Crippen LogP) is 4.50. The monoisotopic (exact) mass is 449 g/mol. The molecule has 0 atom stereocenters. The van der Waals surface area contributed by atoms with Crippen molar-refractivity contribution in [2.24, 2.45) is 0 Å². The Bertz CT molecular complexity index is 1110. The third-order valence-corrected chi connectivity index (χ3v) is 6.17. The third kappa shape index (κ3) is 4.76. The van der Waals surface area contributed by atoms with Gasteiger partial charge < -0.3 is 9.80 Å². The molecule has 0 fully saturated rings. The van der Waals surface area contributed by atoms with Gasteiger partial charge in [-0.2, -0.15) is 5.10 Å². The first kappa shape index (κ1) is 22.2. The Kier molecular flexibility index (Phi) is 6.72. The Morgan fingerprint density at radius 3 is 2.53 bits per heavy atom. The van der Waals surface area contributed by atoms with Crippen molar-refractivity contribution in [3.63, 3.8) is 0 Å². The molecule has 1 aromatic carbocycles. The van der Waals surface area contributed by atoms with Crippen LogP contribution in [0.2, 0.25) is 5.02 Å². The van der Waals surface area contributed by atoms with E-state index >= 15 is 0 Å². The fourth-order valence-electron chi connectivity index (χ4n) is 3.77. The van der Waals surface area contributed by atoms with Gasteiger partial charge in [0.25, 0.3) is 0 Å². The number of nitrogens with zero attached hydrogens (tertiary/aromatic N) is 5. The van der Waals surface area contributed by atoms with Crippen LogP contribution >= 0.6 is 11.6 Å². The van der Waals surface area contributed by atoms with E-state index in [0.29, 0.717) is 30.7 Å². The highest BCUT2D eigenvalue weighted by atomic mass is 35.5. The normalized spacial score (nSPS) is 13.9. The van der Waals surface area contributed by atoms with Gasteiger partial charge in [0.15, 0.2) is 0 Å². The number of halogens is 1. The summed E-state index contributed by atoms with van der Waals surface area (Å²) in [6.45, 7) is 6.83. The smallest absolute Gasteiger partial charge is 0.246 e. The lowest BCUT2D eigenvalue weighted by atomic mass is 9.99. The molecule has 0 unspecified atom stereocenters. The number of aromatic nitrogens is 3. The zero-order valence-electron chi connectivity index (χ0n) is 18.7. The molecule has 0 aliphatic carbocycles. The number of fused-ring (bicyclic) bond motifs is 1. The number of hydrogen-bond donors (Lipinski definition) is 0. The van der Waals surface area contributed by atoms with Crippen LogP contribution in [0.15, 0.2) is 60.9 Å². The van der Waals surface area contributed by atoms with E-state index in [1.165, 1.54) is 0 Å². The molecule has 3 aromatic rings. The van der Waals surface area contributed by atoms with Gasteiger partial charge in [0.1, 0.15) is 5.69 Å². The zero-order chi connectivity index (χ0) is 22.7. The standard InChI is InChI=1S/C25H28ClN5O/c1-18(2)29(3)14-4-5-23(32)30-15-16-31-22(17-30)24(19-10-12-27-13-11-19)25(28-31)20-6-8-21(26)9-7-20/h4-13,18H,14-17H2,1-3H3/b5-4+. The molecule has 0 radical (unpaired) electrons. The van der Waals surface area contributed by atoms with Gasteiger partial charge in [-0.05, 0) is 50.7 Å². The van der Waals surface area contributed by atoms with Crippen molar-refractivity contribution in [1.29, 1.82) is 0 Å². The van der Waals surface area contributed by atoms with Crippen LogP contribution in [0.4, 0.5) is 0 Å². The lowest BCUT2D eigenvalue weighted by molar-refractivity contribution is -0.127. The summed E-state index contributed by atoms with van der Waals surface area (Å²) in [5.74, 6) is 0.0309. The fraction of sp³-hybridized carbons (Fsp3) is 0.320. The van der Waals surface area contributed by atoms with Crippen LogP contribution in [0.3, 0.4) is 0 Å². The summed E-state index contributed by atoms with van der Waals surface area (Å²) in [6, 6.07) is 12.1. The summed E-state index contributed by atoms with van der Waals surface area (Å²) in [7, 11) is 2.05. The Morgan fingerprint density at radius 2 is 1.84 bits per heavy atom. The highest BCUT2D eigenvalue weighted by Gasteiger charge is 2.27. The highest BCUT2D eigenvalue weighted by Crippen LogP contribution is 2.36. The summed E-state index contributed by atoms with van der Waals surface area (Å²) in [4.78, 5) is 21.1. The zero-order valence-corrected chi connectivity index (χ0v) is 19.5. The van der Waals surface area contributed by atoms with Gasteiger partial charge in [-0.3, -0.25) is 14.5 Å². The molecule has 32 heavy (non-hydrogen) atoms. The molecule has 1 aliphatic rings. The molecule has 0 N–H and O–H groups in total. The maximum absolute atomic E-state index is 12.9. The van der Waals surface area contributed by atoms with Crippen LogP contribution in [0.25, 0.3) is 22.4 Å². The van der Waals surface area contributed by atoms with Crippen LogP contribution in [0.1, 0.15) is 19.5 Å².